The Morgan fingerprint density at radius 3 is 1.53 bits per heavy atom. The van der Waals surface area contributed by atoms with E-state index < -0.39 is 0 Å². The van der Waals surface area contributed by atoms with Crippen LogP contribution < -0.4 is 9.80 Å². The topological polar surface area (TPSA) is 6.48 Å². The van der Waals surface area contributed by atoms with E-state index in [1.807, 2.05) is 0 Å². The molecule has 0 heterocycles. The third-order valence-corrected chi connectivity index (χ3v) is 14.7. The predicted molar refractivity (Wildman–Crippen MR) is 271 cm³/mol. The first kappa shape index (κ1) is 40.2. The van der Waals surface area contributed by atoms with Gasteiger partial charge < -0.3 is 9.80 Å². The minimum Gasteiger partial charge on any atom is -0.310 e. The summed E-state index contributed by atoms with van der Waals surface area (Å²) in [5.74, 6) is 0.656. The van der Waals surface area contributed by atoms with Crippen molar-refractivity contribution in [2.24, 2.45) is 0 Å². The molecule has 2 nitrogen and oxygen atoms in total. The van der Waals surface area contributed by atoms with E-state index in [0.29, 0.717) is 5.92 Å². The van der Waals surface area contributed by atoms with Crippen LogP contribution >= 0.6 is 0 Å². The quantitative estimate of drug-likeness (QED) is 0.141. The van der Waals surface area contributed by atoms with Crippen LogP contribution in [0.2, 0.25) is 0 Å². The molecular weight excluding hydrogens is 773 g/mol. The SMILES string of the molecule is CC1(C)c2cc(N(c3ccc(C4CCCCCC4)cc3)c3cc4ccc3CCc3ccc(c(N(c5ccccc5)c5ccccc5)c3)CC4)ccc2-c2c(-c3ccccc3)cccc21. The summed E-state index contributed by atoms with van der Waals surface area (Å²) in [4.78, 5) is 5.05. The molecule has 316 valence electrons. The van der Waals surface area contributed by atoms with Gasteiger partial charge >= 0.3 is 0 Å². The maximum atomic E-state index is 2.60. The Morgan fingerprint density at radius 2 is 0.938 bits per heavy atom. The van der Waals surface area contributed by atoms with Crippen LogP contribution in [0.5, 0.6) is 0 Å². The smallest absolute Gasteiger partial charge is 0.0496 e. The van der Waals surface area contributed by atoms with Crippen LogP contribution in [0.15, 0.2) is 188 Å². The van der Waals surface area contributed by atoms with Crippen molar-refractivity contribution in [1.29, 1.82) is 0 Å². The Labute approximate surface area is 380 Å². The van der Waals surface area contributed by atoms with Gasteiger partial charge in [-0.15, -0.1) is 0 Å². The highest BCUT2D eigenvalue weighted by molar-refractivity contribution is 5.94. The highest BCUT2D eigenvalue weighted by Gasteiger charge is 2.37. The van der Waals surface area contributed by atoms with Crippen molar-refractivity contribution in [2.75, 3.05) is 9.80 Å². The molecule has 0 unspecified atom stereocenters. The number of benzene rings is 8. The van der Waals surface area contributed by atoms with E-state index in [4.69, 9.17) is 0 Å². The lowest BCUT2D eigenvalue weighted by Crippen LogP contribution is -2.18. The highest BCUT2D eigenvalue weighted by atomic mass is 15.2. The molecule has 1 saturated carbocycles. The van der Waals surface area contributed by atoms with Gasteiger partial charge in [-0.05, 0) is 166 Å². The summed E-state index contributed by atoms with van der Waals surface area (Å²) in [5.41, 5.74) is 22.3. The number of rotatable bonds is 8. The molecule has 6 aliphatic rings. The molecule has 2 heteroatoms. The Kier molecular flexibility index (Phi) is 10.8. The molecule has 0 amide bonds. The number of hydrogen-bond acceptors (Lipinski definition) is 2. The van der Waals surface area contributed by atoms with Crippen molar-refractivity contribution >= 4 is 34.1 Å². The maximum Gasteiger partial charge on any atom is 0.0496 e. The van der Waals surface area contributed by atoms with E-state index in [1.165, 1.54) is 134 Å². The molecule has 6 aliphatic carbocycles. The molecule has 8 aromatic carbocycles. The molecule has 0 spiro atoms. The molecule has 0 saturated heterocycles. The molecule has 0 aromatic heterocycles. The van der Waals surface area contributed by atoms with E-state index in [1.54, 1.807) is 0 Å². The fourth-order valence-electron chi connectivity index (χ4n) is 11.2. The van der Waals surface area contributed by atoms with Gasteiger partial charge in [-0.25, -0.2) is 0 Å². The van der Waals surface area contributed by atoms with Gasteiger partial charge in [0.25, 0.3) is 0 Å². The Morgan fingerprint density at radius 1 is 0.406 bits per heavy atom. The number of aryl methyl sites for hydroxylation is 4. The lowest BCUT2D eigenvalue weighted by Gasteiger charge is -2.31. The van der Waals surface area contributed by atoms with E-state index in [-0.39, 0.29) is 5.41 Å². The van der Waals surface area contributed by atoms with Crippen molar-refractivity contribution < 1.29 is 0 Å². The summed E-state index contributed by atoms with van der Waals surface area (Å²) in [7, 11) is 0. The number of nitrogens with zero attached hydrogens (tertiary/aromatic N) is 2. The van der Waals surface area contributed by atoms with Crippen LogP contribution in [0.1, 0.15) is 97.2 Å². The monoisotopic (exact) mass is 830 g/mol. The van der Waals surface area contributed by atoms with Gasteiger partial charge in [-0.2, -0.15) is 0 Å². The normalized spacial score (nSPS) is 15.4. The van der Waals surface area contributed by atoms with Crippen molar-refractivity contribution in [3.63, 3.8) is 0 Å². The number of anilines is 6. The zero-order chi connectivity index (χ0) is 43.0. The van der Waals surface area contributed by atoms with Gasteiger partial charge in [0.15, 0.2) is 0 Å². The van der Waals surface area contributed by atoms with Crippen LogP contribution in [0.4, 0.5) is 34.1 Å². The molecular formula is C62H58N2. The first-order valence-corrected chi connectivity index (χ1v) is 23.9. The van der Waals surface area contributed by atoms with Crippen LogP contribution in [0.25, 0.3) is 22.3 Å². The summed E-state index contributed by atoms with van der Waals surface area (Å²) < 4.78 is 0. The summed E-state index contributed by atoms with van der Waals surface area (Å²) in [5, 5.41) is 0. The van der Waals surface area contributed by atoms with Gasteiger partial charge in [-0.1, -0.05) is 167 Å². The minimum absolute atomic E-state index is 0.154. The fourth-order valence-corrected chi connectivity index (χ4v) is 11.2. The average molecular weight is 831 g/mol. The first-order valence-electron chi connectivity index (χ1n) is 23.9. The Hall–Kier alpha value is -6.64. The van der Waals surface area contributed by atoms with Crippen LogP contribution in [-0.4, -0.2) is 0 Å². The summed E-state index contributed by atoms with van der Waals surface area (Å²) in [6, 6.07) is 71.3. The Bertz CT molecular complexity index is 2860. The second-order valence-corrected chi connectivity index (χ2v) is 19.0. The zero-order valence-electron chi connectivity index (χ0n) is 37.4. The largest absolute Gasteiger partial charge is 0.310 e. The van der Waals surface area contributed by atoms with Gasteiger partial charge in [0.05, 0.1) is 0 Å². The lowest BCUT2D eigenvalue weighted by molar-refractivity contribution is 0.592. The molecule has 1 fully saturated rings. The summed E-state index contributed by atoms with van der Waals surface area (Å²) >= 11 is 0. The van der Waals surface area contributed by atoms with Crippen molar-refractivity contribution in [2.45, 2.75) is 89.4 Å². The van der Waals surface area contributed by atoms with E-state index in [9.17, 15) is 0 Å². The van der Waals surface area contributed by atoms with Crippen LogP contribution in [0, 0.1) is 0 Å². The molecule has 0 N–H and O–H groups in total. The molecule has 14 rings (SSSR count). The number of para-hydroxylation sites is 2. The molecule has 4 bridgehead atoms. The summed E-state index contributed by atoms with van der Waals surface area (Å²) in [6.07, 6.45) is 11.8. The Balaban J connectivity index is 1.02. The average Bonchev–Trinajstić information content (AvgIpc) is 3.48. The second kappa shape index (κ2) is 17.1. The fraction of sp³-hybridized carbons (Fsp3) is 0.226. The number of hydrogen-bond donors (Lipinski definition) is 0. The summed E-state index contributed by atoms with van der Waals surface area (Å²) in [6.45, 7) is 4.84. The predicted octanol–water partition coefficient (Wildman–Crippen LogP) is 16.9. The molecule has 0 atom stereocenters. The molecule has 64 heavy (non-hydrogen) atoms. The lowest BCUT2D eigenvalue weighted by atomic mass is 9.81. The first-order chi connectivity index (χ1) is 31.5. The van der Waals surface area contributed by atoms with Gasteiger partial charge in [0.1, 0.15) is 0 Å². The van der Waals surface area contributed by atoms with Crippen LogP contribution in [-0.2, 0) is 31.1 Å². The standard InChI is InChI=1S/C62H58N2/c1-62(2)57-26-16-25-55(48-19-10-5-11-20-48)61(57)56-40-39-54(43-58(56)62)64(53-37-35-47(36-38-53)46-17-8-3-4-9-18-46)60-42-45-28-32-49-31-27-44(29-33-50(60)34-30-45)41-59(49)63(51-21-12-6-13-22-51)52-23-14-7-15-24-52/h5-7,10-16,19-27,30-31,34-43,46H,3-4,8-9,17-18,28-29,32-33H2,1-2H3. The second-order valence-electron chi connectivity index (χ2n) is 19.0. The number of fused-ring (bicyclic) bond motifs is 3. The molecule has 0 radical (unpaired) electrons. The maximum absolute atomic E-state index is 2.60. The highest BCUT2D eigenvalue weighted by Crippen LogP contribution is 2.54. The van der Waals surface area contributed by atoms with Crippen molar-refractivity contribution in [1.82, 2.24) is 0 Å². The van der Waals surface area contributed by atoms with Gasteiger partial charge in [0.2, 0.25) is 0 Å². The van der Waals surface area contributed by atoms with Crippen molar-refractivity contribution in [3.8, 4) is 22.3 Å². The van der Waals surface area contributed by atoms with E-state index in [2.05, 4.69) is 212 Å². The van der Waals surface area contributed by atoms with Crippen LogP contribution in [0.3, 0.4) is 0 Å². The van der Waals surface area contributed by atoms with E-state index in [0.717, 1.165) is 25.7 Å². The molecule has 8 aromatic rings. The third-order valence-electron chi connectivity index (χ3n) is 14.7. The molecule has 0 aliphatic heterocycles. The van der Waals surface area contributed by atoms with E-state index >= 15 is 0 Å². The van der Waals surface area contributed by atoms with Gasteiger partial charge in [-0.3, -0.25) is 0 Å². The third kappa shape index (κ3) is 7.53. The van der Waals surface area contributed by atoms with Gasteiger partial charge in [0, 0.05) is 39.5 Å². The minimum atomic E-state index is -0.154. The van der Waals surface area contributed by atoms with Crippen molar-refractivity contribution in [3.05, 3.63) is 227 Å². The zero-order valence-corrected chi connectivity index (χ0v) is 37.4.